The Labute approximate surface area is 85.2 Å². The Kier molecular flexibility index (Phi) is 2.00. The van der Waals surface area contributed by atoms with E-state index < -0.39 is 17.7 Å². The van der Waals surface area contributed by atoms with Gasteiger partial charge in [0.15, 0.2) is 11.7 Å². The van der Waals surface area contributed by atoms with Crippen molar-refractivity contribution < 1.29 is 14.7 Å². The largest absolute Gasteiger partial charge is 0.480 e. The molecule has 1 aromatic rings. The van der Waals surface area contributed by atoms with Crippen LogP contribution in [-0.2, 0) is 4.79 Å². The molecule has 1 aliphatic rings. The van der Waals surface area contributed by atoms with Gasteiger partial charge in [0.2, 0.25) is 0 Å². The molecule has 1 aliphatic heterocycles. The van der Waals surface area contributed by atoms with Gasteiger partial charge in [0.1, 0.15) is 5.84 Å². The van der Waals surface area contributed by atoms with Crippen molar-refractivity contribution in [2.75, 3.05) is 0 Å². The number of amidine groups is 1. The maximum atomic E-state index is 11.7. The summed E-state index contributed by atoms with van der Waals surface area (Å²) in [6, 6.07) is 6.54. The summed E-state index contributed by atoms with van der Waals surface area (Å²) in [5.74, 6) is -3.28. The summed E-state index contributed by atoms with van der Waals surface area (Å²) in [4.78, 5) is 26.4. The molecule has 1 heterocycles. The van der Waals surface area contributed by atoms with Gasteiger partial charge < -0.3 is 10.8 Å². The number of benzene rings is 1. The van der Waals surface area contributed by atoms with Crippen LogP contribution in [0.2, 0.25) is 0 Å². The number of carboxylic acids is 1. The van der Waals surface area contributed by atoms with Gasteiger partial charge in [-0.05, 0) is 12.1 Å². The quantitative estimate of drug-likeness (QED) is 0.654. The van der Waals surface area contributed by atoms with Gasteiger partial charge in [0, 0.05) is 5.56 Å². The fourth-order valence-electron chi connectivity index (χ4n) is 1.51. The molecule has 0 amide bonds. The number of hydrogen-bond acceptors (Lipinski definition) is 4. The topological polar surface area (TPSA) is 92.8 Å². The smallest absolute Gasteiger partial charge is 0.322 e. The van der Waals surface area contributed by atoms with E-state index in [1.807, 2.05) is 0 Å². The van der Waals surface area contributed by atoms with Crippen molar-refractivity contribution >= 4 is 23.3 Å². The van der Waals surface area contributed by atoms with Crippen LogP contribution in [0.5, 0.6) is 0 Å². The first-order valence-electron chi connectivity index (χ1n) is 4.31. The van der Waals surface area contributed by atoms with E-state index >= 15 is 0 Å². The normalized spacial score (nSPS) is 19.3. The molecule has 15 heavy (non-hydrogen) atoms. The first-order valence-corrected chi connectivity index (χ1v) is 4.31. The molecule has 1 aromatic carbocycles. The highest BCUT2D eigenvalue weighted by molar-refractivity contribution is 6.26. The molecule has 0 saturated heterocycles. The SMILES string of the molecule is NC1=Nc2ccccc2C(=O)C1C(=O)O. The number of carbonyl (C=O) groups is 2. The number of Topliss-reactive ketones (excluding diaryl/α,β-unsaturated/α-hetero) is 1. The number of fused-ring (bicyclic) bond motifs is 1. The molecule has 0 aromatic heterocycles. The van der Waals surface area contributed by atoms with Crippen LogP contribution in [0.1, 0.15) is 10.4 Å². The van der Waals surface area contributed by atoms with Crippen molar-refractivity contribution in [2.45, 2.75) is 0 Å². The van der Waals surface area contributed by atoms with Crippen LogP contribution in [0, 0.1) is 5.92 Å². The first-order chi connectivity index (χ1) is 7.11. The summed E-state index contributed by atoms with van der Waals surface area (Å²) in [6.45, 7) is 0. The van der Waals surface area contributed by atoms with Gasteiger partial charge in [0.25, 0.3) is 0 Å². The van der Waals surface area contributed by atoms with Gasteiger partial charge in [-0.15, -0.1) is 0 Å². The number of ketones is 1. The van der Waals surface area contributed by atoms with Crippen LogP contribution >= 0.6 is 0 Å². The lowest BCUT2D eigenvalue weighted by molar-refractivity contribution is -0.138. The molecule has 0 fully saturated rings. The Morgan fingerprint density at radius 1 is 1.40 bits per heavy atom. The number of para-hydroxylation sites is 1. The molecule has 76 valence electrons. The summed E-state index contributed by atoms with van der Waals surface area (Å²) in [5, 5.41) is 8.82. The monoisotopic (exact) mass is 204 g/mol. The molecular formula is C10H8N2O3. The lowest BCUT2D eigenvalue weighted by Gasteiger charge is -2.17. The van der Waals surface area contributed by atoms with E-state index in [9.17, 15) is 9.59 Å². The summed E-state index contributed by atoms with van der Waals surface area (Å²) in [5.41, 5.74) is 6.17. The van der Waals surface area contributed by atoms with Crippen molar-refractivity contribution in [3.05, 3.63) is 29.8 Å². The minimum absolute atomic E-state index is 0.161. The number of hydrogen-bond donors (Lipinski definition) is 2. The summed E-state index contributed by atoms with van der Waals surface area (Å²) < 4.78 is 0. The third-order valence-electron chi connectivity index (χ3n) is 2.22. The van der Waals surface area contributed by atoms with Crippen LogP contribution in [0.15, 0.2) is 29.3 Å². The number of aliphatic imine (C=N–C) groups is 1. The molecule has 0 saturated carbocycles. The fraction of sp³-hybridized carbons (Fsp3) is 0.100. The molecule has 0 radical (unpaired) electrons. The van der Waals surface area contributed by atoms with Crippen LogP contribution in [0.3, 0.4) is 0 Å². The standard InChI is InChI=1S/C10H8N2O3/c11-9-7(10(14)15)8(13)5-3-1-2-4-6(5)12-9/h1-4,7H,(H2,11,12)(H,14,15). The Hall–Kier alpha value is -2.17. The molecule has 2 rings (SSSR count). The van der Waals surface area contributed by atoms with Crippen LogP contribution in [0.4, 0.5) is 5.69 Å². The van der Waals surface area contributed by atoms with Crippen molar-refractivity contribution in [1.29, 1.82) is 0 Å². The van der Waals surface area contributed by atoms with E-state index in [-0.39, 0.29) is 5.84 Å². The Morgan fingerprint density at radius 3 is 2.73 bits per heavy atom. The minimum Gasteiger partial charge on any atom is -0.480 e. The van der Waals surface area contributed by atoms with Gasteiger partial charge in [-0.25, -0.2) is 4.99 Å². The second-order valence-electron chi connectivity index (χ2n) is 3.19. The van der Waals surface area contributed by atoms with Crippen molar-refractivity contribution in [3.63, 3.8) is 0 Å². The van der Waals surface area contributed by atoms with E-state index in [1.54, 1.807) is 24.3 Å². The van der Waals surface area contributed by atoms with Gasteiger partial charge in [-0.1, -0.05) is 12.1 Å². The molecule has 3 N–H and O–H groups in total. The fourth-order valence-corrected chi connectivity index (χ4v) is 1.51. The number of nitrogens with two attached hydrogens (primary N) is 1. The maximum absolute atomic E-state index is 11.7. The Morgan fingerprint density at radius 2 is 2.07 bits per heavy atom. The highest BCUT2D eigenvalue weighted by Gasteiger charge is 2.35. The molecule has 5 heteroatoms. The number of rotatable bonds is 1. The molecule has 5 nitrogen and oxygen atoms in total. The lowest BCUT2D eigenvalue weighted by Crippen LogP contribution is -2.38. The molecule has 0 spiro atoms. The third kappa shape index (κ3) is 1.38. The molecule has 0 bridgehead atoms. The van der Waals surface area contributed by atoms with E-state index in [1.165, 1.54) is 0 Å². The van der Waals surface area contributed by atoms with E-state index in [0.717, 1.165) is 0 Å². The minimum atomic E-state index is -1.35. The highest BCUT2D eigenvalue weighted by Crippen LogP contribution is 2.27. The van der Waals surface area contributed by atoms with Gasteiger partial charge in [-0.2, -0.15) is 0 Å². The lowest BCUT2D eigenvalue weighted by atomic mass is 9.93. The second-order valence-corrected chi connectivity index (χ2v) is 3.19. The van der Waals surface area contributed by atoms with Gasteiger partial charge in [0.05, 0.1) is 5.69 Å². The number of nitrogens with zero attached hydrogens (tertiary/aromatic N) is 1. The van der Waals surface area contributed by atoms with Crippen molar-refractivity contribution in [2.24, 2.45) is 16.6 Å². The van der Waals surface area contributed by atoms with Crippen LogP contribution in [-0.4, -0.2) is 22.7 Å². The van der Waals surface area contributed by atoms with E-state index in [0.29, 0.717) is 11.3 Å². The molecular weight excluding hydrogens is 196 g/mol. The average Bonchev–Trinajstić information content (AvgIpc) is 2.17. The highest BCUT2D eigenvalue weighted by atomic mass is 16.4. The number of carboxylic acid groups (broad SMARTS) is 1. The molecule has 1 unspecified atom stereocenters. The number of aliphatic carboxylic acids is 1. The first kappa shape index (κ1) is 9.39. The zero-order valence-electron chi connectivity index (χ0n) is 7.68. The molecule has 0 aliphatic carbocycles. The van der Waals surface area contributed by atoms with Crippen molar-refractivity contribution in [1.82, 2.24) is 0 Å². The van der Waals surface area contributed by atoms with Crippen molar-refractivity contribution in [3.8, 4) is 0 Å². The summed E-state index contributed by atoms with van der Waals surface area (Å²) in [7, 11) is 0. The zero-order valence-corrected chi connectivity index (χ0v) is 7.68. The second kappa shape index (κ2) is 3.20. The van der Waals surface area contributed by atoms with Gasteiger partial charge >= 0.3 is 5.97 Å². The number of carbonyl (C=O) groups excluding carboxylic acids is 1. The predicted octanol–water partition coefficient (Wildman–Crippen LogP) is 0.572. The summed E-state index contributed by atoms with van der Waals surface area (Å²) in [6.07, 6.45) is 0. The van der Waals surface area contributed by atoms with Crippen LogP contribution in [0.25, 0.3) is 0 Å². The van der Waals surface area contributed by atoms with Crippen LogP contribution < -0.4 is 5.73 Å². The third-order valence-corrected chi connectivity index (χ3v) is 2.22. The maximum Gasteiger partial charge on any atom is 0.322 e. The molecule has 1 atom stereocenters. The Bertz CT molecular complexity index is 479. The average molecular weight is 204 g/mol. The summed E-state index contributed by atoms with van der Waals surface area (Å²) >= 11 is 0. The van der Waals surface area contributed by atoms with E-state index in [4.69, 9.17) is 10.8 Å². The Balaban J connectivity index is 2.59. The van der Waals surface area contributed by atoms with E-state index in [2.05, 4.69) is 4.99 Å². The predicted molar refractivity (Wildman–Crippen MR) is 53.2 cm³/mol. The van der Waals surface area contributed by atoms with Gasteiger partial charge in [-0.3, -0.25) is 9.59 Å². The zero-order chi connectivity index (χ0) is 11.0.